The Bertz CT molecular complexity index is 712. The van der Waals surface area contributed by atoms with Crippen LogP contribution in [-0.2, 0) is 14.4 Å². The number of benzene rings is 2. The molecule has 21 heavy (non-hydrogen) atoms. The number of aryl methyl sites for hydroxylation is 1. The van der Waals surface area contributed by atoms with Gasteiger partial charge in [0.2, 0.25) is 0 Å². The van der Waals surface area contributed by atoms with Gasteiger partial charge in [0.1, 0.15) is 0 Å². The Balaban J connectivity index is 1.95. The molecule has 2 N–H and O–H groups in total. The van der Waals surface area contributed by atoms with Gasteiger partial charge in [0.05, 0.1) is 4.90 Å². The lowest BCUT2D eigenvalue weighted by atomic mass is 10.2. The minimum Gasteiger partial charge on any atom is -0.306 e. The molecule has 2 amide bonds. The van der Waals surface area contributed by atoms with Gasteiger partial charge in [-0.15, -0.1) is 4.28 Å². The molecule has 2 rings (SSSR count). The highest BCUT2D eigenvalue weighted by molar-refractivity contribution is 7.86. The second-order valence-corrected chi connectivity index (χ2v) is 5.82. The third kappa shape index (κ3) is 4.30. The Morgan fingerprint density at radius 3 is 2.24 bits per heavy atom. The molecule has 2 aromatic rings. The van der Waals surface area contributed by atoms with E-state index in [4.69, 9.17) is 0 Å². The highest BCUT2D eigenvalue weighted by atomic mass is 32.2. The third-order valence-electron chi connectivity index (χ3n) is 2.59. The first-order valence-electron chi connectivity index (χ1n) is 6.09. The van der Waals surface area contributed by atoms with Crippen LogP contribution in [0.4, 0.5) is 10.5 Å². The van der Waals surface area contributed by atoms with Crippen LogP contribution >= 0.6 is 0 Å². The van der Waals surface area contributed by atoms with E-state index >= 15 is 0 Å². The summed E-state index contributed by atoms with van der Waals surface area (Å²) < 4.78 is 28.2. The van der Waals surface area contributed by atoms with E-state index < -0.39 is 16.1 Å². The van der Waals surface area contributed by atoms with Gasteiger partial charge < -0.3 is 5.32 Å². The summed E-state index contributed by atoms with van der Waals surface area (Å²) in [5.74, 6) is 0. The lowest BCUT2D eigenvalue weighted by molar-refractivity contribution is 0.193. The van der Waals surface area contributed by atoms with Gasteiger partial charge in [-0.25, -0.2) is 4.79 Å². The van der Waals surface area contributed by atoms with Crippen LogP contribution < -0.4 is 10.8 Å². The monoisotopic (exact) mass is 306 g/mol. The van der Waals surface area contributed by atoms with Crippen molar-refractivity contribution >= 4 is 21.8 Å². The Kier molecular flexibility index (Phi) is 4.56. The van der Waals surface area contributed by atoms with E-state index in [0.717, 1.165) is 5.56 Å². The molecular formula is C14H14N2O4S. The predicted octanol–water partition coefficient (Wildman–Crippen LogP) is 2.44. The van der Waals surface area contributed by atoms with Crippen LogP contribution in [0.25, 0.3) is 0 Å². The van der Waals surface area contributed by atoms with E-state index in [1.807, 2.05) is 12.4 Å². The zero-order valence-electron chi connectivity index (χ0n) is 11.2. The number of nitrogens with one attached hydrogen (secondary N) is 2. The largest absolute Gasteiger partial charge is 0.344 e. The fraction of sp³-hybridized carbons (Fsp3) is 0.0714. The molecule has 7 heteroatoms. The highest BCUT2D eigenvalue weighted by Gasteiger charge is 2.16. The van der Waals surface area contributed by atoms with Crippen LogP contribution in [0.2, 0.25) is 0 Å². The topological polar surface area (TPSA) is 84.5 Å². The SMILES string of the molecule is Cc1ccc(S(=O)(=O)ONC(=O)Nc2ccccc2)cc1. The molecule has 0 atom stereocenters. The maximum absolute atomic E-state index is 11.8. The maximum atomic E-state index is 11.8. The Morgan fingerprint density at radius 1 is 1.00 bits per heavy atom. The smallest absolute Gasteiger partial charge is 0.306 e. The second-order valence-electron chi connectivity index (χ2n) is 4.27. The van der Waals surface area contributed by atoms with Crippen LogP contribution in [0.1, 0.15) is 5.56 Å². The van der Waals surface area contributed by atoms with E-state index in [0.29, 0.717) is 5.69 Å². The molecule has 0 unspecified atom stereocenters. The minimum absolute atomic E-state index is 0.0342. The fourth-order valence-electron chi connectivity index (χ4n) is 1.52. The van der Waals surface area contributed by atoms with E-state index in [-0.39, 0.29) is 4.90 Å². The molecule has 2 aromatic carbocycles. The van der Waals surface area contributed by atoms with Gasteiger partial charge in [0.15, 0.2) is 0 Å². The molecule has 0 aliphatic carbocycles. The molecule has 0 spiro atoms. The van der Waals surface area contributed by atoms with Gasteiger partial charge in [-0.3, -0.25) is 0 Å². The Labute approximate surface area is 122 Å². The summed E-state index contributed by atoms with van der Waals surface area (Å²) in [5.41, 5.74) is 3.29. The molecule has 0 saturated carbocycles. The summed E-state index contributed by atoms with van der Waals surface area (Å²) in [5, 5.41) is 2.44. The van der Waals surface area contributed by atoms with Crippen molar-refractivity contribution in [1.29, 1.82) is 0 Å². The number of carbonyl (C=O) groups is 1. The summed E-state index contributed by atoms with van der Waals surface area (Å²) in [6.45, 7) is 1.84. The quantitative estimate of drug-likeness (QED) is 0.850. The molecule has 0 saturated heterocycles. The fourth-order valence-corrected chi connectivity index (χ4v) is 2.27. The summed E-state index contributed by atoms with van der Waals surface area (Å²) >= 11 is 0. The highest BCUT2D eigenvalue weighted by Crippen LogP contribution is 2.12. The zero-order valence-corrected chi connectivity index (χ0v) is 12.1. The predicted molar refractivity (Wildman–Crippen MR) is 78.0 cm³/mol. The van der Waals surface area contributed by atoms with Gasteiger partial charge in [0.25, 0.3) is 0 Å². The van der Waals surface area contributed by atoms with Crippen LogP contribution in [0.3, 0.4) is 0 Å². The molecule has 6 nitrogen and oxygen atoms in total. The molecule has 0 radical (unpaired) electrons. The van der Waals surface area contributed by atoms with Gasteiger partial charge in [0, 0.05) is 5.69 Å². The summed E-state index contributed by atoms with van der Waals surface area (Å²) in [4.78, 5) is 11.5. The average molecular weight is 306 g/mol. The van der Waals surface area contributed by atoms with Crippen molar-refractivity contribution in [3.05, 3.63) is 60.2 Å². The number of urea groups is 1. The van der Waals surface area contributed by atoms with Crippen molar-refractivity contribution < 1.29 is 17.5 Å². The van der Waals surface area contributed by atoms with Crippen LogP contribution in [0.15, 0.2) is 59.5 Å². The molecule has 0 heterocycles. The summed E-state index contributed by atoms with van der Waals surface area (Å²) in [7, 11) is -4.04. The maximum Gasteiger partial charge on any atom is 0.344 e. The number of amides is 2. The molecule has 0 fully saturated rings. The molecule has 0 aromatic heterocycles. The van der Waals surface area contributed by atoms with Gasteiger partial charge in [-0.1, -0.05) is 35.9 Å². The van der Waals surface area contributed by atoms with Gasteiger partial charge in [-0.05, 0) is 31.2 Å². The van der Waals surface area contributed by atoms with Crippen LogP contribution in [-0.4, -0.2) is 14.4 Å². The van der Waals surface area contributed by atoms with E-state index in [1.165, 1.54) is 12.1 Å². The molecule has 0 aliphatic heterocycles. The van der Waals surface area contributed by atoms with Gasteiger partial charge >= 0.3 is 16.1 Å². The van der Waals surface area contributed by atoms with Crippen LogP contribution in [0, 0.1) is 6.92 Å². The van der Waals surface area contributed by atoms with Crippen molar-refractivity contribution in [1.82, 2.24) is 5.48 Å². The normalized spacial score (nSPS) is 10.9. The van der Waals surface area contributed by atoms with Crippen molar-refractivity contribution in [3.63, 3.8) is 0 Å². The first-order chi connectivity index (χ1) is 9.97. The second kappa shape index (κ2) is 6.38. The molecule has 0 aliphatic rings. The standard InChI is InChI=1S/C14H14N2O4S/c1-11-7-9-13(10-8-11)21(18,19)20-16-14(17)15-12-5-3-2-4-6-12/h2-10H,1H3,(H2,15,16,17). The number of carbonyl (C=O) groups excluding carboxylic acids is 1. The zero-order chi connectivity index (χ0) is 15.3. The lowest BCUT2D eigenvalue weighted by Gasteiger charge is -2.08. The minimum atomic E-state index is -4.04. The van der Waals surface area contributed by atoms with Crippen molar-refractivity contribution in [2.45, 2.75) is 11.8 Å². The van der Waals surface area contributed by atoms with E-state index in [9.17, 15) is 13.2 Å². The summed E-state index contributed by atoms with van der Waals surface area (Å²) in [6.07, 6.45) is 0. The molecule has 0 bridgehead atoms. The third-order valence-corrected chi connectivity index (χ3v) is 3.74. The first kappa shape index (κ1) is 15.0. The number of hydrogen-bond donors (Lipinski definition) is 2. The number of para-hydroxylation sites is 1. The number of hydroxylamine groups is 1. The molecule has 110 valence electrons. The lowest BCUT2D eigenvalue weighted by Crippen LogP contribution is -2.31. The first-order valence-corrected chi connectivity index (χ1v) is 7.50. The summed E-state index contributed by atoms with van der Waals surface area (Å²) in [6, 6.07) is 13.9. The van der Waals surface area contributed by atoms with E-state index in [1.54, 1.807) is 42.5 Å². The van der Waals surface area contributed by atoms with Crippen molar-refractivity contribution in [2.75, 3.05) is 5.32 Å². The van der Waals surface area contributed by atoms with Crippen LogP contribution in [0.5, 0.6) is 0 Å². The Hall–Kier alpha value is -2.38. The van der Waals surface area contributed by atoms with Gasteiger partial charge in [-0.2, -0.15) is 13.9 Å². The number of anilines is 1. The number of rotatable bonds is 4. The van der Waals surface area contributed by atoms with Crippen molar-refractivity contribution in [2.24, 2.45) is 0 Å². The van der Waals surface area contributed by atoms with Crippen molar-refractivity contribution in [3.8, 4) is 0 Å². The average Bonchev–Trinajstić information content (AvgIpc) is 2.47. The van der Waals surface area contributed by atoms with E-state index in [2.05, 4.69) is 9.60 Å². The number of hydrogen-bond acceptors (Lipinski definition) is 4. The molecular weight excluding hydrogens is 292 g/mol. The Morgan fingerprint density at radius 2 is 1.62 bits per heavy atom.